The first-order chi connectivity index (χ1) is 8.27. The summed E-state index contributed by atoms with van der Waals surface area (Å²) in [6, 6.07) is 1.59. The summed E-state index contributed by atoms with van der Waals surface area (Å²) < 4.78 is 30.3. The van der Waals surface area contributed by atoms with Gasteiger partial charge in [-0.1, -0.05) is 13.8 Å². The van der Waals surface area contributed by atoms with E-state index in [0.29, 0.717) is 0 Å². The second-order valence-corrected chi connectivity index (χ2v) is 6.18. The molecule has 0 radical (unpaired) electrons. The molecule has 0 saturated heterocycles. The number of aromatic amines is 1. The number of esters is 1. The SMILES string of the molecule is COC(=O)C(C)S(=O)(=O)Nc1cc(C(C)C)[nH]n1. The number of carbonyl (C=O) groups is 1. The third-order valence-electron chi connectivity index (χ3n) is 2.47. The van der Waals surface area contributed by atoms with Gasteiger partial charge in [0.2, 0.25) is 10.0 Å². The first-order valence-electron chi connectivity index (χ1n) is 5.42. The summed E-state index contributed by atoms with van der Waals surface area (Å²) >= 11 is 0. The Balaban J connectivity index is 2.85. The van der Waals surface area contributed by atoms with Gasteiger partial charge in [-0.05, 0) is 12.8 Å². The summed E-state index contributed by atoms with van der Waals surface area (Å²) in [4.78, 5) is 11.2. The Labute approximate surface area is 106 Å². The maximum absolute atomic E-state index is 11.8. The van der Waals surface area contributed by atoms with Crippen molar-refractivity contribution in [1.82, 2.24) is 10.2 Å². The molecule has 18 heavy (non-hydrogen) atoms. The zero-order valence-electron chi connectivity index (χ0n) is 10.7. The molecular formula is C10H17N3O4S. The minimum absolute atomic E-state index is 0.162. The summed E-state index contributed by atoms with van der Waals surface area (Å²) in [5, 5.41) is 5.25. The molecular weight excluding hydrogens is 258 g/mol. The van der Waals surface area contributed by atoms with Gasteiger partial charge in [-0.3, -0.25) is 14.6 Å². The molecule has 1 atom stereocenters. The van der Waals surface area contributed by atoms with E-state index in [-0.39, 0.29) is 11.7 Å². The molecule has 0 spiro atoms. The molecule has 1 rings (SSSR count). The number of hydrogen-bond acceptors (Lipinski definition) is 5. The fraction of sp³-hybridized carbons (Fsp3) is 0.600. The van der Waals surface area contributed by atoms with Gasteiger partial charge in [-0.15, -0.1) is 0 Å². The van der Waals surface area contributed by atoms with Gasteiger partial charge in [-0.25, -0.2) is 8.42 Å². The number of anilines is 1. The van der Waals surface area contributed by atoms with Crippen LogP contribution in [0, 0.1) is 0 Å². The highest BCUT2D eigenvalue weighted by atomic mass is 32.2. The Morgan fingerprint density at radius 3 is 2.50 bits per heavy atom. The number of hydrogen-bond donors (Lipinski definition) is 2. The van der Waals surface area contributed by atoms with E-state index in [1.54, 1.807) is 6.07 Å². The molecule has 0 bridgehead atoms. The number of aromatic nitrogens is 2. The lowest BCUT2D eigenvalue weighted by molar-refractivity contribution is -0.139. The molecule has 1 aromatic rings. The first-order valence-corrected chi connectivity index (χ1v) is 6.97. The number of sulfonamides is 1. The van der Waals surface area contributed by atoms with Crippen molar-refractivity contribution in [1.29, 1.82) is 0 Å². The Kier molecular flexibility index (Phi) is 4.33. The van der Waals surface area contributed by atoms with Crippen molar-refractivity contribution < 1.29 is 17.9 Å². The molecule has 8 heteroatoms. The van der Waals surface area contributed by atoms with Crippen LogP contribution in [0.25, 0.3) is 0 Å². The summed E-state index contributed by atoms with van der Waals surface area (Å²) in [5.41, 5.74) is 0.804. The lowest BCUT2D eigenvalue weighted by Gasteiger charge is -2.10. The molecule has 0 aliphatic heterocycles. The number of nitrogens with zero attached hydrogens (tertiary/aromatic N) is 1. The molecule has 7 nitrogen and oxygen atoms in total. The predicted molar refractivity (Wildman–Crippen MR) is 66.7 cm³/mol. The fourth-order valence-corrected chi connectivity index (χ4v) is 2.13. The van der Waals surface area contributed by atoms with Gasteiger partial charge in [0, 0.05) is 11.8 Å². The minimum Gasteiger partial charge on any atom is -0.468 e. The molecule has 0 aliphatic carbocycles. The van der Waals surface area contributed by atoms with Crippen LogP contribution in [0.15, 0.2) is 6.07 Å². The lowest BCUT2D eigenvalue weighted by Crippen LogP contribution is -2.33. The van der Waals surface area contributed by atoms with Crippen LogP contribution in [-0.2, 0) is 19.6 Å². The third kappa shape index (κ3) is 3.22. The summed E-state index contributed by atoms with van der Waals surface area (Å²) in [5.74, 6) is -0.453. The van der Waals surface area contributed by atoms with Crippen LogP contribution in [0.1, 0.15) is 32.4 Å². The fourth-order valence-electron chi connectivity index (χ4n) is 1.21. The van der Waals surface area contributed by atoms with Crippen LogP contribution in [0.2, 0.25) is 0 Å². The van der Waals surface area contributed by atoms with Crippen LogP contribution in [0.5, 0.6) is 0 Å². The van der Waals surface area contributed by atoms with Crippen molar-refractivity contribution in [2.24, 2.45) is 0 Å². The maximum atomic E-state index is 11.8. The average molecular weight is 275 g/mol. The lowest BCUT2D eigenvalue weighted by atomic mass is 10.1. The van der Waals surface area contributed by atoms with E-state index >= 15 is 0 Å². The Morgan fingerprint density at radius 2 is 2.06 bits per heavy atom. The maximum Gasteiger partial charge on any atom is 0.325 e. The number of ether oxygens (including phenoxy) is 1. The largest absolute Gasteiger partial charge is 0.468 e. The van der Waals surface area contributed by atoms with E-state index in [9.17, 15) is 13.2 Å². The Morgan fingerprint density at radius 1 is 1.44 bits per heavy atom. The van der Waals surface area contributed by atoms with E-state index in [2.05, 4.69) is 19.7 Å². The molecule has 1 heterocycles. The molecule has 0 saturated carbocycles. The van der Waals surface area contributed by atoms with Gasteiger partial charge in [-0.2, -0.15) is 5.10 Å². The smallest absolute Gasteiger partial charge is 0.325 e. The van der Waals surface area contributed by atoms with Gasteiger partial charge in [0.1, 0.15) is 0 Å². The molecule has 0 fully saturated rings. The highest BCUT2D eigenvalue weighted by molar-refractivity contribution is 7.94. The summed E-state index contributed by atoms with van der Waals surface area (Å²) in [7, 11) is -2.71. The molecule has 0 amide bonds. The topological polar surface area (TPSA) is 101 Å². The zero-order chi connectivity index (χ0) is 13.9. The van der Waals surface area contributed by atoms with Crippen molar-refractivity contribution in [2.45, 2.75) is 31.9 Å². The quantitative estimate of drug-likeness (QED) is 0.775. The van der Waals surface area contributed by atoms with E-state index < -0.39 is 21.2 Å². The highest BCUT2D eigenvalue weighted by Gasteiger charge is 2.29. The first kappa shape index (κ1) is 14.5. The summed E-state index contributed by atoms with van der Waals surface area (Å²) in [6.07, 6.45) is 0. The third-order valence-corrected chi connectivity index (χ3v) is 4.08. The molecule has 0 aromatic carbocycles. The van der Waals surface area contributed by atoms with Gasteiger partial charge in [0.15, 0.2) is 11.1 Å². The van der Waals surface area contributed by atoms with Crippen molar-refractivity contribution in [3.63, 3.8) is 0 Å². The number of nitrogens with one attached hydrogen (secondary N) is 2. The monoisotopic (exact) mass is 275 g/mol. The molecule has 2 N–H and O–H groups in total. The zero-order valence-corrected chi connectivity index (χ0v) is 11.5. The van der Waals surface area contributed by atoms with Crippen LogP contribution in [-0.4, -0.2) is 36.9 Å². The van der Waals surface area contributed by atoms with Crippen molar-refractivity contribution >= 4 is 21.8 Å². The van der Waals surface area contributed by atoms with E-state index in [0.717, 1.165) is 12.8 Å². The molecule has 0 aliphatic rings. The molecule has 1 aromatic heterocycles. The van der Waals surface area contributed by atoms with E-state index in [1.165, 1.54) is 6.92 Å². The number of methoxy groups -OCH3 is 1. The molecule has 102 valence electrons. The van der Waals surface area contributed by atoms with Crippen LogP contribution in [0.3, 0.4) is 0 Å². The van der Waals surface area contributed by atoms with Crippen LogP contribution in [0.4, 0.5) is 5.82 Å². The Bertz CT molecular complexity index is 521. The van der Waals surface area contributed by atoms with Gasteiger partial charge >= 0.3 is 5.97 Å². The highest BCUT2D eigenvalue weighted by Crippen LogP contribution is 2.16. The summed E-state index contributed by atoms with van der Waals surface area (Å²) in [6.45, 7) is 5.15. The van der Waals surface area contributed by atoms with Crippen molar-refractivity contribution in [3.8, 4) is 0 Å². The van der Waals surface area contributed by atoms with Crippen molar-refractivity contribution in [3.05, 3.63) is 11.8 Å². The van der Waals surface area contributed by atoms with Crippen molar-refractivity contribution in [2.75, 3.05) is 11.8 Å². The van der Waals surface area contributed by atoms with Crippen LogP contribution >= 0.6 is 0 Å². The second kappa shape index (κ2) is 5.38. The van der Waals surface area contributed by atoms with E-state index in [1.807, 2.05) is 13.8 Å². The average Bonchev–Trinajstić information content (AvgIpc) is 2.74. The minimum atomic E-state index is -3.84. The van der Waals surface area contributed by atoms with Gasteiger partial charge < -0.3 is 4.74 Å². The normalized spacial score (nSPS) is 13.4. The van der Waals surface area contributed by atoms with Crippen LogP contribution < -0.4 is 4.72 Å². The number of H-pyrrole nitrogens is 1. The number of carbonyl (C=O) groups excluding carboxylic acids is 1. The standard InChI is InChI=1S/C10H17N3O4S/c1-6(2)8-5-9(12-11-8)13-18(15,16)7(3)10(14)17-4/h5-7H,1-4H3,(H2,11,12,13). The van der Waals surface area contributed by atoms with Gasteiger partial charge in [0.05, 0.1) is 7.11 Å². The van der Waals surface area contributed by atoms with E-state index in [4.69, 9.17) is 0 Å². The number of rotatable bonds is 5. The van der Waals surface area contributed by atoms with Gasteiger partial charge in [0.25, 0.3) is 0 Å². The molecule has 1 unspecified atom stereocenters. The predicted octanol–water partition coefficient (Wildman–Crippen LogP) is 0.836. The Hall–Kier alpha value is -1.57. The second-order valence-electron chi connectivity index (χ2n) is 4.18.